The first-order valence-corrected chi connectivity index (χ1v) is 5.90. The fourth-order valence-electron chi connectivity index (χ4n) is 1.23. The van der Waals surface area contributed by atoms with E-state index in [-0.39, 0.29) is 5.30 Å². The maximum absolute atomic E-state index is 13.3. The van der Waals surface area contributed by atoms with Gasteiger partial charge in [0.05, 0.1) is 0 Å². The second-order valence-corrected chi connectivity index (χ2v) is 4.29. The van der Waals surface area contributed by atoms with Gasteiger partial charge < -0.3 is 0 Å². The predicted octanol–water partition coefficient (Wildman–Crippen LogP) is 3.27. The zero-order valence-electron chi connectivity index (χ0n) is 8.34. The number of halogens is 1. The second kappa shape index (κ2) is 4.86. The van der Waals surface area contributed by atoms with Crippen LogP contribution in [0.2, 0.25) is 0 Å². The van der Waals surface area contributed by atoms with Crippen molar-refractivity contribution < 1.29 is 13.5 Å². The summed E-state index contributed by atoms with van der Waals surface area (Å²) in [6, 6.07) is 14.6. The molecule has 0 bridgehead atoms. The van der Waals surface area contributed by atoms with Gasteiger partial charge in [0.2, 0.25) is 0 Å². The van der Waals surface area contributed by atoms with Gasteiger partial charge in [0.25, 0.3) is 5.30 Å². The van der Waals surface area contributed by atoms with Crippen molar-refractivity contribution in [3.05, 3.63) is 60.4 Å². The van der Waals surface area contributed by atoms with Gasteiger partial charge in [-0.25, -0.2) is 4.39 Å². The molecule has 0 radical (unpaired) electrons. The Morgan fingerprint density at radius 2 is 1.56 bits per heavy atom. The van der Waals surface area contributed by atoms with Crippen molar-refractivity contribution in [2.24, 2.45) is 0 Å². The van der Waals surface area contributed by atoms with Crippen molar-refractivity contribution in [2.45, 2.75) is 0 Å². The van der Waals surface area contributed by atoms with E-state index >= 15 is 0 Å². The third-order valence-corrected chi connectivity index (χ3v) is 3.11. The maximum atomic E-state index is 13.3. The van der Waals surface area contributed by atoms with Crippen LogP contribution in [0.3, 0.4) is 0 Å². The van der Waals surface area contributed by atoms with Gasteiger partial charge in [-0.05, 0) is 28.8 Å². The van der Waals surface area contributed by atoms with Gasteiger partial charge in [0, 0.05) is 0 Å². The van der Waals surface area contributed by atoms with Crippen molar-refractivity contribution in [3.63, 3.8) is 0 Å². The summed E-state index contributed by atoms with van der Waals surface area (Å²) in [5, 5.41) is 0.0846. The molecule has 0 amide bonds. The monoisotopic (exact) mass is 235 g/mol. The molecule has 0 heterocycles. The topological polar surface area (TPSA) is 26.3 Å². The van der Waals surface area contributed by atoms with E-state index in [9.17, 15) is 8.96 Å². The molecule has 0 aliphatic carbocycles. The third kappa shape index (κ3) is 2.44. The van der Waals surface area contributed by atoms with Crippen LogP contribution >= 0.6 is 8.03 Å². The minimum atomic E-state index is -2.20. The van der Waals surface area contributed by atoms with Crippen LogP contribution in [0.1, 0.15) is 0 Å². The lowest BCUT2D eigenvalue weighted by molar-refractivity contribution is 0.512. The molecule has 0 aliphatic rings. The minimum Gasteiger partial charge on any atom is -0.250 e. The molecule has 0 aromatic heterocycles. The van der Waals surface area contributed by atoms with E-state index in [1.54, 1.807) is 36.4 Å². The molecule has 1 unspecified atom stereocenters. The molecule has 0 spiro atoms. The average molecular weight is 235 g/mol. The Morgan fingerprint density at radius 1 is 0.938 bits per heavy atom. The van der Waals surface area contributed by atoms with Crippen LogP contribution in [0.4, 0.5) is 4.39 Å². The molecule has 80 valence electrons. The van der Waals surface area contributed by atoms with Gasteiger partial charge in [-0.15, -0.1) is 0 Å². The molecule has 16 heavy (non-hydrogen) atoms. The van der Waals surface area contributed by atoms with Crippen molar-refractivity contribution in [1.29, 1.82) is 0 Å². The van der Waals surface area contributed by atoms with Gasteiger partial charge in [0.15, 0.2) is 11.6 Å². The summed E-state index contributed by atoms with van der Waals surface area (Å²) < 4.78 is 30.2. The van der Waals surface area contributed by atoms with Crippen molar-refractivity contribution in [3.8, 4) is 5.75 Å². The lowest BCUT2D eigenvalue weighted by atomic mass is 10.3. The molecule has 2 nitrogen and oxygen atoms in total. The zero-order valence-corrected chi connectivity index (χ0v) is 9.23. The van der Waals surface area contributed by atoms with Gasteiger partial charge in [-0.3, -0.25) is 4.52 Å². The molecule has 0 N–H and O–H groups in total. The maximum Gasteiger partial charge on any atom is 0.600 e. The molecule has 0 saturated carbocycles. The minimum absolute atomic E-state index is 0.0846. The molecule has 2 aromatic carbocycles. The Hall–Kier alpha value is -1.73. The second-order valence-electron chi connectivity index (χ2n) is 3.11. The van der Waals surface area contributed by atoms with Crippen LogP contribution < -0.4 is 9.83 Å². The van der Waals surface area contributed by atoms with E-state index in [4.69, 9.17) is 4.52 Å². The standard InChI is InChI=1S/C12H9FO2P/c13-11-8-4-5-9-12(11)16(14)15-10-6-2-1-3-7-10/h1-9H/q+1. The summed E-state index contributed by atoms with van der Waals surface area (Å²) in [4.78, 5) is 0. The first kappa shape index (κ1) is 10.8. The molecule has 2 rings (SSSR count). The van der Waals surface area contributed by atoms with Crippen LogP contribution in [0.15, 0.2) is 54.6 Å². The van der Waals surface area contributed by atoms with Gasteiger partial charge in [-0.1, -0.05) is 30.3 Å². The normalized spacial score (nSPS) is 10.9. The van der Waals surface area contributed by atoms with Crippen LogP contribution in [-0.2, 0) is 4.57 Å². The fourth-order valence-corrected chi connectivity index (χ4v) is 2.09. The molecule has 0 fully saturated rings. The molecule has 2 aromatic rings. The highest BCUT2D eigenvalue weighted by Gasteiger charge is 2.27. The number of para-hydroxylation sites is 1. The summed E-state index contributed by atoms with van der Waals surface area (Å²) >= 11 is 0. The number of rotatable bonds is 3. The number of hydrogen-bond acceptors (Lipinski definition) is 2. The SMILES string of the molecule is O=[P+](Oc1ccccc1)c1ccccc1F. The van der Waals surface area contributed by atoms with E-state index in [0.717, 1.165) is 0 Å². The largest absolute Gasteiger partial charge is 0.600 e. The van der Waals surface area contributed by atoms with E-state index in [2.05, 4.69) is 0 Å². The first-order chi connectivity index (χ1) is 7.77. The average Bonchev–Trinajstić information content (AvgIpc) is 2.31. The van der Waals surface area contributed by atoms with Gasteiger partial charge in [0.1, 0.15) is 0 Å². The summed E-state index contributed by atoms with van der Waals surface area (Å²) in [5.74, 6) is -0.0496. The quantitative estimate of drug-likeness (QED) is 0.763. The zero-order chi connectivity index (χ0) is 11.4. The third-order valence-electron chi connectivity index (χ3n) is 1.98. The van der Waals surface area contributed by atoms with Crippen molar-refractivity contribution >= 4 is 13.3 Å². The summed E-state index contributed by atoms with van der Waals surface area (Å²) in [6.45, 7) is 0. The van der Waals surface area contributed by atoms with Gasteiger partial charge >= 0.3 is 8.03 Å². The van der Waals surface area contributed by atoms with E-state index in [1.165, 1.54) is 12.1 Å². The molecular weight excluding hydrogens is 226 g/mol. The number of hydrogen-bond donors (Lipinski definition) is 0. The Labute approximate surface area is 93.6 Å². The summed E-state index contributed by atoms with van der Waals surface area (Å²) in [5.41, 5.74) is 0. The van der Waals surface area contributed by atoms with E-state index < -0.39 is 13.8 Å². The Kier molecular flexibility index (Phi) is 3.28. The van der Waals surface area contributed by atoms with Crippen LogP contribution in [0.25, 0.3) is 0 Å². The Morgan fingerprint density at radius 3 is 2.25 bits per heavy atom. The van der Waals surface area contributed by atoms with Crippen LogP contribution in [0, 0.1) is 5.82 Å². The van der Waals surface area contributed by atoms with Gasteiger partial charge in [-0.2, -0.15) is 0 Å². The summed E-state index contributed by atoms with van der Waals surface area (Å²) in [7, 11) is -2.20. The summed E-state index contributed by atoms with van der Waals surface area (Å²) in [6.07, 6.45) is 0. The molecule has 0 aliphatic heterocycles. The predicted molar refractivity (Wildman–Crippen MR) is 60.7 cm³/mol. The molecule has 0 saturated heterocycles. The lowest BCUT2D eigenvalue weighted by Gasteiger charge is -1.93. The fraction of sp³-hybridized carbons (Fsp3) is 0. The Bertz CT molecular complexity index is 499. The van der Waals surface area contributed by atoms with E-state index in [0.29, 0.717) is 5.75 Å². The lowest BCUT2D eigenvalue weighted by Crippen LogP contribution is -2.04. The van der Waals surface area contributed by atoms with Crippen LogP contribution in [-0.4, -0.2) is 0 Å². The number of benzene rings is 2. The highest BCUT2D eigenvalue weighted by Crippen LogP contribution is 2.26. The molecular formula is C12H9FO2P+. The van der Waals surface area contributed by atoms with E-state index in [1.807, 2.05) is 6.07 Å². The van der Waals surface area contributed by atoms with Crippen molar-refractivity contribution in [1.82, 2.24) is 0 Å². The smallest absolute Gasteiger partial charge is 0.250 e. The Balaban J connectivity index is 2.19. The highest BCUT2D eigenvalue weighted by molar-refractivity contribution is 7.48. The molecule has 4 heteroatoms. The molecule has 1 atom stereocenters. The van der Waals surface area contributed by atoms with Crippen LogP contribution in [0.5, 0.6) is 5.75 Å². The highest BCUT2D eigenvalue weighted by atomic mass is 31.1. The first-order valence-electron chi connectivity index (χ1n) is 4.72. The van der Waals surface area contributed by atoms with Crippen molar-refractivity contribution in [2.75, 3.05) is 0 Å².